The van der Waals surface area contributed by atoms with E-state index in [0.717, 1.165) is 12.3 Å². The van der Waals surface area contributed by atoms with Crippen LogP contribution in [0, 0.1) is 11.8 Å². The molecule has 0 spiro atoms. The number of aromatic nitrogens is 1. The molecule has 26 heavy (non-hydrogen) atoms. The van der Waals surface area contributed by atoms with Crippen molar-refractivity contribution in [2.24, 2.45) is 11.8 Å². The van der Waals surface area contributed by atoms with Crippen LogP contribution in [0.5, 0.6) is 0 Å². The van der Waals surface area contributed by atoms with Crippen molar-refractivity contribution >= 4 is 22.6 Å². The van der Waals surface area contributed by atoms with Crippen LogP contribution < -0.4 is 5.56 Å². The zero-order valence-corrected chi connectivity index (χ0v) is 16.2. The van der Waals surface area contributed by atoms with Crippen LogP contribution in [0.25, 0.3) is 11.0 Å². The number of benzene rings is 1. The first kappa shape index (κ1) is 18.1. The molecule has 2 aromatic rings. The number of hydrogen-bond donors (Lipinski definition) is 0. The summed E-state index contributed by atoms with van der Waals surface area (Å²) < 4.78 is 7.21. The van der Waals surface area contributed by atoms with Gasteiger partial charge >= 0.3 is 0 Å². The molecule has 0 radical (unpaired) electrons. The molecule has 0 bridgehead atoms. The van der Waals surface area contributed by atoms with Crippen molar-refractivity contribution in [1.82, 2.24) is 9.64 Å². The Morgan fingerprint density at radius 1 is 1.04 bits per heavy atom. The van der Waals surface area contributed by atoms with Crippen molar-refractivity contribution in [2.45, 2.75) is 57.9 Å². The minimum Gasteiger partial charge on any atom is -0.376 e. The quantitative estimate of drug-likeness (QED) is 0.742. The highest BCUT2D eigenvalue weighted by Gasteiger charge is 2.23. The average Bonchev–Trinajstić information content (AvgIpc) is 2.97. The maximum Gasteiger partial charge on any atom is 0.290 e. The van der Waals surface area contributed by atoms with Gasteiger partial charge in [-0.15, -0.1) is 0 Å². The lowest BCUT2D eigenvalue weighted by Gasteiger charge is -2.35. The van der Waals surface area contributed by atoms with Gasteiger partial charge in [0.2, 0.25) is 0 Å². The first-order valence-corrected chi connectivity index (χ1v) is 10.6. The van der Waals surface area contributed by atoms with E-state index in [-0.39, 0.29) is 5.56 Å². The van der Waals surface area contributed by atoms with E-state index in [4.69, 9.17) is 16.1 Å². The second-order valence-electron chi connectivity index (χ2n) is 8.18. The van der Waals surface area contributed by atoms with Crippen molar-refractivity contribution in [3.8, 4) is 0 Å². The van der Waals surface area contributed by atoms with Gasteiger partial charge in [-0.1, -0.05) is 30.9 Å². The van der Waals surface area contributed by atoms with Gasteiger partial charge in [-0.3, -0.25) is 4.79 Å². The Kier molecular flexibility index (Phi) is 5.70. The molecule has 5 heteroatoms. The van der Waals surface area contributed by atoms with E-state index in [1.807, 2.05) is 0 Å². The smallest absolute Gasteiger partial charge is 0.290 e. The van der Waals surface area contributed by atoms with Crippen LogP contribution in [-0.2, 0) is 6.54 Å². The molecule has 2 fully saturated rings. The maximum atomic E-state index is 12.4. The van der Waals surface area contributed by atoms with Gasteiger partial charge in [0.1, 0.15) is 0 Å². The first-order valence-electron chi connectivity index (χ1n) is 10.2. The molecule has 0 atom stereocenters. The van der Waals surface area contributed by atoms with Gasteiger partial charge in [0.15, 0.2) is 5.58 Å². The summed E-state index contributed by atoms with van der Waals surface area (Å²) in [7, 11) is 0. The molecule has 4 nitrogen and oxygen atoms in total. The number of halogens is 1. The summed E-state index contributed by atoms with van der Waals surface area (Å²) in [6.45, 7) is 4.40. The number of aryl methyl sites for hydroxylation is 1. The summed E-state index contributed by atoms with van der Waals surface area (Å²) >= 11 is 5.99. The van der Waals surface area contributed by atoms with E-state index in [2.05, 4.69) is 4.90 Å². The predicted molar refractivity (Wildman–Crippen MR) is 106 cm³/mol. The Balaban J connectivity index is 1.27. The second kappa shape index (κ2) is 8.18. The predicted octanol–water partition coefficient (Wildman–Crippen LogP) is 4.93. The molecule has 0 amide bonds. The zero-order chi connectivity index (χ0) is 17.9. The topological polar surface area (TPSA) is 38.4 Å². The van der Waals surface area contributed by atoms with Gasteiger partial charge < -0.3 is 9.42 Å². The molecule has 1 saturated heterocycles. The van der Waals surface area contributed by atoms with E-state index in [0.29, 0.717) is 28.5 Å². The third-order valence-electron chi connectivity index (χ3n) is 6.30. The molecule has 2 aliphatic rings. The van der Waals surface area contributed by atoms with E-state index in [9.17, 15) is 4.79 Å². The van der Waals surface area contributed by atoms with Crippen molar-refractivity contribution < 1.29 is 4.52 Å². The summed E-state index contributed by atoms with van der Waals surface area (Å²) in [6.07, 6.45) is 10.7. The molecular formula is C21H29ClN2O2. The van der Waals surface area contributed by atoms with Crippen LogP contribution >= 0.6 is 11.6 Å². The monoisotopic (exact) mass is 376 g/mol. The SMILES string of the molecule is O=c1c2ccc(Cl)cc2on1CCC1CCN(CC2CCCCC2)CC1. The van der Waals surface area contributed by atoms with Gasteiger partial charge in [0.05, 0.1) is 11.9 Å². The van der Waals surface area contributed by atoms with Gasteiger partial charge in [-0.2, -0.15) is 4.74 Å². The number of piperidine rings is 1. The van der Waals surface area contributed by atoms with Crippen LogP contribution in [0.1, 0.15) is 51.4 Å². The van der Waals surface area contributed by atoms with Crippen molar-refractivity contribution in [2.75, 3.05) is 19.6 Å². The third-order valence-corrected chi connectivity index (χ3v) is 6.53. The molecule has 142 valence electrons. The molecule has 0 N–H and O–H groups in total. The fourth-order valence-electron chi connectivity index (χ4n) is 4.68. The van der Waals surface area contributed by atoms with Crippen LogP contribution in [0.3, 0.4) is 0 Å². The molecule has 4 rings (SSSR count). The van der Waals surface area contributed by atoms with Crippen molar-refractivity contribution in [1.29, 1.82) is 0 Å². The van der Waals surface area contributed by atoms with E-state index in [1.54, 1.807) is 18.2 Å². The third kappa shape index (κ3) is 4.17. The Labute approximate surface area is 160 Å². The lowest BCUT2D eigenvalue weighted by molar-refractivity contribution is 0.135. The Hall–Kier alpha value is -1.26. The number of nitrogens with zero attached hydrogens (tertiary/aromatic N) is 2. The van der Waals surface area contributed by atoms with Crippen molar-refractivity contribution in [3.05, 3.63) is 33.6 Å². The van der Waals surface area contributed by atoms with Gasteiger partial charge in [0.25, 0.3) is 5.56 Å². The van der Waals surface area contributed by atoms with Crippen LogP contribution in [-0.4, -0.2) is 29.3 Å². The van der Waals surface area contributed by atoms with Gasteiger partial charge in [-0.25, -0.2) is 0 Å². The molecular weight excluding hydrogens is 348 g/mol. The fraction of sp³-hybridized carbons (Fsp3) is 0.667. The first-order chi connectivity index (χ1) is 12.7. The maximum absolute atomic E-state index is 12.4. The number of hydrogen-bond acceptors (Lipinski definition) is 3. The molecule has 0 unspecified atom stereocenters. The lowest BCUT2D eigenvalue weighted by Crippen LogP contribution is -2.37. The van der Waals surface area contributed by atoms with Gasteiger partial charge in [-0.05, 0) is 69.2 Å². The van der Waals surface area contributed by atoms with Crippen LogP contribution in [0.2, 0.25) is 5.02 Å². The Morgan fingerprint density at radius 2 is 1.81 bits per heavy atom. The van der Waals surface area contributed by atoms with Crippen LogP contribution in [0.15, 0.2) is 27.5 Å². The van der Waals surface area contributed by atoms with E-state index < -0.39 is 0 Å². The minimum atomic E-state index is -0.0357. The highest BCUT2D eigenvalue weighted by atomic mass is 35.5. The lowest BCUT2D eigenvalue weighted by atomic mass is 9.87. The number of rotatable bonds is 5. The Morgan fingerprint density at radius 3 is 2.58 bits per heavy atom. The highest BCUT2D eigenvalue weighted by molar-refractivity contribution is 6.31. The largest absolute Gasteiger partial charge is 0.376 e. The van der Waals surface area contributed by atoms with Crippen molar-refractivity contribution in [3.63, 3.8) is 0 Å². The summed E-state index contributed by atoms with van der Waals surface area (Å²) in [6, 6.07) is 5.22. The summed E-state index contributed by atoms with van der Waals surface area (Å²) in [5.74, 6) is 1.63. The van der Waals surface area contributed by atoms with Gasteiger partial charge in [0, 0.05) is 17.6 Å². The summed E-state index contributed by atoms with van der Waals surface area (Å²) in [5.41, 5.74) is 0.552. The Bertz CT molecular complexity index is 783. The van der Waals surface area contributed by atoms with E-state index >= 15 is 0 Å². The molecule has 1 aromatic carbocycles. The molecule has 2 heterocycles. The highest BCUT2D eigenvalue weighted by Crippen LogP contribution is 2.27. The van der Waals surface area contributed by atoms with Crippen LogP contribution in [0.4, 0.5) is 0 Å². The number of likely N-dealkylation sites (tertiary alicyclic amines) is 1. The second-order valence-corrected chi connectivity index (χ2v) is 8.61. The molecule has 1 aliphatic heterocycles. The average molecular weight is 377 g/mol. The summed E-state index contributed by atoms with van der Waals surface area (Å²) in [5, 5.41) is 1.22. The minimum absolute atomic E-state index is 0.0357. The molecule has 1 aromatic heterocycles. The standard InChI is InChI=1S/C21H29ClN2O2/c22-18-6-7-19-20(14-18)26-24(21(19)25)13-10-16-8-11-23(12-9-16)15-17-4-2-1-3-5-17/h6-7,14,16-17H,1-5,8-13,15H2. The molecule has 1 saturated carbocycles. The van der Waals surface area contributed by atoms with E-state index in [1.165, 1.54) is 69.3 Å². The zero-order valence-electron chi connectivity index (χ0n) is 15.5. The fourth-order valence-corrected chi connectivity index (χ4v) is 4.84. The summed E-state index contributed by atoms with van der Waals surface area (Å²) in [4.78, 5) is 15.1. The number of fused-ring (bicyclic) bond motifs is 1. The normalized spacial score (nSPS) is 20.8. The molecule has 1 aliphatic carbocycles.